The molecule has 0 saturated carbocycles. The number of rotatable bonds is 5. The first-order valence-corrected chi connectivity index (χ1v) is 9.34. The predicted molar refractivity (Wildman–Crippen MR) is 105 cm³/mol. The van der Waals surface area contributed by atoms with Crippen molar-refractivity contribution in [3.63, 3.8) is 0 Å². The summed E-state index contributed by atoms with van der Waals surface area (Å²) in [5.74, 6) is -1.56. The summed E-state index contributed by atoms with van der Waals surface area (Å²) in [5, 5.41) is 11.5. The van der Waals surface area contributed by atoms with Crippen molar-refractivity contribution in [1.82, 2.24) is 15.0 Å². The molecule has 3 rings (SSSR count). The maximum Gasteiger partial charge on any atom is 0.471 e. The molecule has 11 heteroatoms. The van der Waals surface area contributed by atoms with Crippen LogP contribution in [-0.2, 0) is 10.5 Å². The van der Waals surface area contributed by atoms with E-state index in [9.17, 15) is 23.2 Å². The second-order valence-electron chi connectivity index (χ2n) is 5.91. The molecule has 1 aromatic carbocycles. The first-order valence-electron chi connectivity index (χ1n) is 8.36. The van der Waals surface area contributed by atoms with E-state index in [1.165, 1.54) is 36.0 Å². The molecule has 152 valence electrons. The summed E-state index contributed by atoms with van der Waals surface area (Å²) in [4.78, 5) is 23.6. The van der Waals surface area contributed by atoms with Crippen LogP contribution in [-0.4, -0.2) is 27.0 Å². The SMILES string of the molecule is N#Cc1c(N)nc(SCc2cccnc2)nc1-c1ccc(NC(=O)C(F)(F)F)cc1. The fraction of sp³-hybridized carbons (Fsp3) is 0.105. The number of hydrogen-bond acceptors (Lipinski definition) is 7. The van der Waals surface area contributed by atoms with E-state index in [4.69, 9.17) is 5.73 Å². The number of carbonyl (C=O) groups is 1. The molecule has 1 amide bonds. The van der Waals surface area contributed by atoms with Gasteiger partial charge in [0.15, 0.2) is 5.16 Å². The Morgan fingerprint density at radius 1 is 1.20 bits per heavy atom. The largest absolute Gasteiger partial charge is 0.471 e. The molecule has 0 aliphatic rings. The highest BCUT2D eigenvalue weighted by Gasteiger charge is 2.38. The molecule has 0 aliphatic heterocycles. The molecule has 2 aromatic heterocycles. The number of anilines is 2. The van der Waals surface area contributed by atoms with Gasteiger partial charge in [-0.05, 0) is 23.8 Å². The van der Waals surface area contributed by atoms with Crippen molar-refractivity contribution < 1.29 is 18.0 Å². The Kier molecular flexibility index (Phi) is 6.17. The number of hydrogen-bond donors (Lipinski definition) is 2. The molecule has 2 heterocycles. The predicted octanol–water partition coefficient (Wildman–Crippen LogP) is 3.79. The first-order chi connectivity index (χ1) is 14.3. The van der Waals surface area contributed by atoms with E-state index in [2.05, 4.69) is 15.0 Å². The molecule has 3 N–H and O–H groups in total. The lowest BCUT2D eigenvalue weighted by Gasteiger charge is -2.10. The molecule has 0 fully saturated rings. The van der Waals surface area contributed by atoms with E-state index in [1.54, 1.807) is 23.8 Å². The Morgan fingerprint density at radius 2 is 1.93 bits per heavy atom. The highest BCUT2D eigenvalue weighted by molar-refractivity contribution is 7.98. The number of benzene rings is 1. The molecule has 0 unspecified atom stereocenters. The van der Waals surface area contributed by atoms with Crippen LogP contribution in [0.3, 0.4) is 0 Å². The van der Waals surface area contributed by atoms with Crippen molar-refractivity contribution in [3.8, 4) is 17.3 Å². The molecule has 0 spiro atoms. The second kappa shape index (κ2) is 8.79. The number of nitrogens with zero attached hydrogens (tertiary/aromatic N) is 4. The molecule has 0 aliphatic carbocycles. The van der Waals surface area contributed by atoms with Gasteiger partial charge in [0.25, 0.3) is 0 Å². The van der Waals surface area contributed by atoms with Gasteiger partial charge in [-0.2, -0.15) is 18.4 Å². The van der Waals surface area contributed by atoms with Gasteiger partial charge >= 0.3 is 12.1 Å². The topological polar surface area (TPSA) is 118 Å². The van der Waals surface area contributed by atoms with Crippen molar-refractivity contribution in [3.05, 3.63) is 59.9 Å². The van der Waals surface area contributed by atoms with Crippen LogP contribution >= 0.6 is 11.8 Å². The van der Waals surface area contributed by atoms with E-state index in [1.807, 2.05) is 12.1 Å². The van der Waals surface area contributed by atoms with Crippen molar-refractivity contribution in [2.24, 2.45) is 0 Å². The van der Waals surface area contributed by atoms with Crippen molar-refractivity contribution in [2.45, 2.75) is 17.1 Å². The summed E-state index contributed by atoms with van der Waals surface area (Å²) < 4.78 is 37.1. The average Bonchev–Trinajstić information content (AvgIpc) is 2.72. The number of halogens is 3. The van der Waals surface area contributed by atoms with E-state index in [0.29, 0.717) is 16.5 Å². The molecular formula is C19H13F3N6OS. The van der Waals surface area contributed by atoms with Gasteiger partial charge in [0.1, 0.15) is 17.5 Å². The number of nitrogen functional groups attached to an aromatic ring is 1. The average molecular weight is 430 g/mol. The number of carbonyl (C=O) groups excluding carboxylic acids is 1. The van der Waals surface area contributed by atoms with E-state index >= 15 is 0 Å². The maximum absolute atomic E-state index is 12.4. The molecule has 3 aromatic rings. The minimum Gasteiger partial charge on any atom is -0.382 e. The molecule has 0 radical (unpaired) electrons. The fourth-order valence-electron chi connectivity index (χ4n) is 2.39. The van der Waals surface area contributed by atoms with Crippen LogP contribution < -0.4 is 11.1 Å². The van der Waals surface area contributed by atoms with Gasteiger partial charge in [0.2, 0.25) is 0 Å². The molecule has 0 bridgehead atoms. The Morgan fingerprint density at radius 3 is 2.53 bits per heavy atom. The normalized spacial score (nSPS) is 11.0. The fourth-order valence-corrected chi connectivity index (χ4v) is 3.17. The van der Waals surface area contributed by atoms with E-state index in [0.717, 1.165) is 5.56 Å². The molecular weight excluding hydrogens is 417 g/mol. The number of nitriles is 1. The first kappa shape index (κ1) is 21.1. The molecule has 0 saturated heterocycles. The molecule has 0 atom stereocenters. The highest BCUT2D eigenvalue weighted by Crippen LogP contribution is 2.30. The lowest BCUT2D eigenvalue weighted by atomic mass is 10.1. The van der Waals surface area contributed by atoms with Crippen molar-refractivity contribution >= 4 is 29.2 Å². The Bertz CT molecular complexity index is 1100. The summed E-state index contributed by atoms with van der Waals surface area (Å²) in [6.07, 6.45) is -1.63. The quantitative estimate of drug-likeness (QED) is 0.467. The third-order valence-electron chi connectivity index (χ3n) is 3.79. The Balaban J connectivity index is 1.86. The van der Waals surface area contributed by atoms with Gasteiger partial charge in [0.05, 0.1) is 5.69 Å². The number of amides is 1. The summed E-state index contributed by atoms with van der Waals surface area (Å²) in [6.45, 7) is 0. The monoisotopic (exact) mass is 430 g/mol. The number of pyridine rings is 1. The third kappa shape index (κ3) is 5.03. The minimum atomic E-state index is -4.99. The van der Waals surface area contributed by atoms with Crippen molar-refractivity contribution in [2.75, 3.05) is 11.1 Å². The van der Waals surface area contributed by atoms with E-state index in [-0.39, 0.29) is 22.8 Å². The number of alkyl halides is 3. The molecule has 30 heavy (non-hydrogen) atoms. The number of aromatic nitrogens is 3. The van der Waals surface area contributed by atoms with Gasteiger partial charge < -0.3 is 11.1 Å². The minimum absolute atomic E-state index is 0.00867. The van der Waals surface area contributed by atoms with Crippen LogP contribution in [0.25, 0.3) is 11.3 Å². The van der Waals surface area contributed by atoms with E-state index < -0.39 is 12.1 Å². The van der Waals surface area contributed by atoms with Crippen LogP contribution in [0.4, 0.5) is 24.7 Å². The number of nitrogens with one attached hydrogen (secondary N) is 1. The summed E-state index contributed by atoms with van der Waals surface area (Å²) >= 11 is 1.30. The van der Waals surface area contributed by atoms with Crippen LogP contribution in [0.15, 0.2) is 53.9 Å². The second-order valence-corrected chi connectivity index (χ2v) is 6.85. The zero-order valence-electron chi connectivity index (χ0n) is 15.1. The van der Waals surface area contributed by atoms with Crippen molar-refractivity contribution in [1.29, 1.82) is 5.26 Å². The summed E-state index contributed by atoms with van der Waals surface area (Å²) in [5.41, 5.74) is 7.53. The zero-order valence-corrected chi connectivity index (χ0v) is 16.0. The lowest BCUT2D eigenvalue weighted by molar-refractivity contribution is -0.167. The third-order valence-corrected chi connectivity index (χ3v) is 4.71. The molecule has 7 nitrogen and oxygen atoms in total. The van der Waals surface area contributed by atoms with Crippen LogP contribution in [0.2, 0.25) is 0 Å². The van der Waals surface area contributed by atoms with Crippen LogP contribution in [0, 0.1) is 11.3 Å². The smallest absolute Gasteiger partial charge is 0.382 e. The standard InChI is InChI=1S/C19H13F3N6OS/c20-19(21,22)17(29)26-13-5-3-12(4-6-13)15-14(8-23)16(24)28-18(27-15)30-10-11-2-1-7-25-9-11/h1-7,9H,10H2,(H,26,29)(H2,24,27,28). The maximum atomic E-state index is 12.4. The number of thioether (sulfide) groups is 1. The van der Waals surface area contributed by atoms with Gasteiger partial charge in [0, 0.05) is 29.4 Å². The zero-order chi connectivity index (χ0) is 21.7. The van der Waals surface area contributed by atoms with Gasteiger partial charge in [-0.1, -0.05) is 30.0 Å². The summed E-state index contributed by atoms with van der Waals surface area (Å²) in [7, 11) is 0. The highest BCUT2D eigenvalue weighted by atomic mass is 32.2. The van der Waals surface area contributed by atoms with Crippen LogP contribution in [0.1, 0.15) is 11.1 Å². The Labute approximate surface area is 173 Å². The van der Waals surface area contributed by atoms with Gasteiger partial charge in [-0.3, -0.25) is 9.78 Å². The van der Waals surface area contributed by atoms with Crippen LogP contribution in [0.5, 0.6) is 0 Å². The van der Waals surface area contributed by atoms with Gasteiger partial charge in [-0.25, -0.2) is 9.97 Å². The lowest BCUT2D eigenvalue weighted by Crippen LogP contribution is -2.29. The summed E-state index contributed by atoms with van der Waals surface area (Å²) in [6, 6.07) is 11.1. The van der Waals surface area contributed by atoms with Gasteiger partial charge in [-0.15, -0.1) is 0 Å². The number of nitrogens with two attached hydrogens (primary N) is 1. The Hall–Kier alpha value is -3.65.